The fraction of sp³-hybridized carbons (Fsp3) is 0.385. The lowest BCUT2D eigenvalue weighted by molar-refractivity contribution is 0.0947. The molecule has 0 saturated carbocycles. The summed E-state index contributed by atoms with van der Waals surface area (Å²) >= 11 is 0. The van der Waals surface area contributed by atoms with E-state index in [-0.39, 0.29) is 5.91 Å². The maximum Gasteiger partial charge on any atom is 0.251 e. The molecule has 33 heavy (non-hydrogen) atoms. The summed E-state index contributed by atoms with van der Waals surface area (Å²) in [7, 11) is 0. The van der Waals surface area contributed by atoms with E-state index in [4.69, 9.17) is 9.26 Å². The molecule has 3 aromatic rings. The minimum Gasteiger partial charge on any atom is -0.489 e. The number of hydrogen-bond acceptors (Lipinski definition) is 6. The van der Waals surface area contributed by atoms with Gasteiger partial charge in [-0.25, -0.2) is 0 Å². The first-order valence-electron chi connectivity index (χ1n) is 11.5. The van der Waals surface area contributed by atoms with Gasteiger partial charge in [0.05, 0.1) is 11.3 Å². The lowest BCUT2D eigenvalue weighted by Gasteiger charge is -2.36. The molecule has 1 aromatic heterocycles. The van der Waals surface area contributed by atoms with Crippen LogP contribution in [0, 0.1) is 20.8 Å². The summed E-state index contributed by atoms with van der Waals surface area (Å²) in [6, 6.07) is 15.9. The predicted octanol–water partition coefficient (Wildman–Crippen LogP) is 3.73. The average molecular weight is 449 g/mol. The Morgan fingerprint density at radius 2 is 1.82 bits per heavy atom. The number of aromatic nitrogens is 1. The van der Waals surface area contributed by atoms with Gasteiger partial charge in [-0.1, -0.05) is 17.3 Å². The van der Waals surface area contributed by atoms with Gasteiger partial charge in [0, 0.05) is 50.5 Å². The molecule has 0 radical (unpaired) electrons. The Morgan fingerprint density at radius 3 is 2.48 bits per heavy atom. The molecule has 0 unspecified atom stereocenters. The van der Waals surface area contributed by atoms with E-state index in [0.29, 0.717) is 24.5 Å². The number of carbonyl (C=O) groups is 1. The zero-order valence-corrected chi connectivity index (χ0v) is 19.6. The summed E-state index contributed by atoms with van der Waals surface area (Å²) in [5.74, 6) is 1.41. The van der Waals surface area contributed by atoms with Crippen LogP contribution in [0.2, 0.25) is 0 Å². The fourth-order valence-electron chi connectivity index (χ4n) is 4.05. The van der Waals surface area contributed by atoms with Crippen molar-refractivity contribution >= 4 is 11.6 Å². The molecule has 7 heteroatoms. The Kier molecular flexibility index (Phi) is 7.29. The second-order valence-electron chi connectivity index (χ2n) is 8.54. The Hall–Kier alpha value is -3.32. The quantitative estimate of drug-likeness (QED) is 0.566. The van der Waals surface area contributed by atoms with Crippen LogP contribution in [0.25, 0.3) is 0 Å². The smallest absolute Gasteiger partial charge is 0.251 e. The van der Waals surface area contributed by atoms with Crippen LogP contribution in [0.5, 0.6) is 5.75 Å². The number of benzene rings is 2. The highest BCUT2D eigenvalue weighted by Gasteiger charge is 2.17. The lowest BCUT2D eigenvalue weighted by Crippen LogP contribution is -2.48. The summed E-state index contributed by atoms with van der Waals surface area (Å²) in [6.45, 7) is 11.8. The van der Waals surface area contributed by atoms with E-state index >= 15 is 0 Å². The van der Waals surface area contributed by atoms with Crippen LogP contribution in [-0.2, 0) is 6.61 Å². The van der Waals surface area contributed by atoms with Crippen molar-refractivity contribution in [3.05, 3.63) is 76.7 Å². The van der Waals surface area contributed by atoms with Gasteiger partial charge >= 0.3 is 0 Å². The van der Waals surface area contributed by atoms with Gasteiger partial charge in [0.1, 0.15) is 18.1 Å². The standard InChI is InChI=1S/C26H32N4O3/c1-19-5-4-6-23(17-19)30-15-13-29(14-16-30)12-11-27-26(31)22-7-9-24(10-8-22)32-18-25-20(2)28-33-21(25)3/h4-10,17H,11-16,18H2,1-3H3,(H,27,31). The van der Waals surface area contributed by atoms with E-state index in [2.05, 4.69) is 51.5 Å². The van der Waals surface area contributed by atoms with Gasteiger partial charge in [-0.3, -0.25) is 9.69 Å². The number of rotatable bonds is 8. The number of anilines is 1. The van der Waals surface area contributed by atoms with Crippen molar-refractivity contribution in [3.63, 3.8) is 0 Å². The van der Waals surface area contributed by atoms with Crippen molar-refractivity contribution in [2.45, 2.75) is 27.4 Å². The molecule has 1 aliphatic rings. The molecule has 0 atom stereocenters. The first-order chi connectivity index (χ1) is 16.0. The van der Waals surface area contributed by atoms with E-state index in [1.165, 1.54) is 11.3 Å². The molecule has 7 nitrogen and oxygen atoms in total. The highest BCUT2D eigenvalue weighted by Crippen LogP contribution is 2.19. The molecule has 1 aliphatic heterocycles. The number of nitrogens with one attached hydrogen (secondary N) is 1. The van der Waals surface area contributed by atoms with Crippen LogP contribution >= 0.6 is 0 Å². The van der Waals surface area contributed by atoms with E-state index < -0.39 is 0 Å². The largest absolute Gasteiger partial charge is 0.489 e. The monoisotopic (exact) mass is 448 g/mol. The van der Waals surface area contributed by atoms with Gasteiger partial charge in [-0.05, 0) is 62.7 Å². The average Bonchev–Trinajstić information content (AvgIpc) is 3.15. The van der Waals surface area contributed by atoms with Crippen molar-refractivity contribution in [2.75, 3.05) is 44.2 Å². The maximum absolute atomic E-state index is 12.5. The van der Waals surface area contributed by atoms with Crippen molar-refractivity contribution in [1.29, 1.82) is 0 Å². The van der Waals surface area contributed by atoms with Crippen LogP contribution in [0.15, 0.2) is 53.1 Å². The molecule has 1 saturated heterocycles. The van der Waals surface area contributed by atoms with Crippen LogP contribution < -0.4 is 15.0 Å². The number of nitrogens with zero attached hydrogens (tertiary/aromatic N) is 3. The predicted molar refractivity (Wildman–Crippen MR) is 129 cm³/mol. The van der Waals surface area contributed by atoms with Gasteiger partial charge in [0.2, 0.25) is 0 Å². The van der Waals surface area contributed by atoms with Crippen molar-refractivity contribution in [1.82, 2.24) is 15.4 Å². The first-order valence-corrected chi connectivity index (χ1v) is 11.5. The summed E-state index contributed by atoms with van der Waals surface area (Å²) in [5.41, 5.74) is 5.00. The summed E-state index contributed by atoms with van der Waals surface area (Å²) < 4.78 is 11.0. The van der Waals surface area contributed by atoms with Crippen LogP contribution in [0.4, 0.5) is 5.69 Å². The summed E-state index contributed by atoms with van der Waals surface area (Å²) in [4.78, 5) is 17.3. The molecular formula is C26H32N4O3. The maximum atomic E-state index is 12.5. The topological polar surface area (TPSA) is 70.8 Å². The third-order valence-corrected chi connectivity index (χ3v) is 6.13. The normalized spacial score (nSPS) is 14.3. The number of amides is 1. The highest BCUT2D eigenvalue weighted by molar-refractivity contribution is 5.94. The minimum absolute atomic E-state index is 0.0642. The molecule has 1 N–H and O–H groups in total. The van der Waals surface area contributed by atoms with Crippen molar-refractivity contribution in [3.8, 4) is 5.75 Å². The second-order valence-corrected chi connectivity index (χ2v) is 8.54. The number of carbonyl (C=O) groups excluding carboxylic acids is 1. The SMILES string of the molecule is Cc1cccc(N2CCN(CCNC(=O)c3ccc(OCc4c(C)noc4C)cc3)CC2)c1. The molecule has 4 rings (SSSR count). The lowest BCUT2D eigenvalue weighted by atomic mass is 10.2. The Balaban J connectivity index is 1.18. The molecule has 2 heterocycles. The minimum atomic E-state index is -0.0642. The third-order valence-electron chi connectivity index (χ3n) is 6.13. The van der Waals surface area contributed by atoms with E-state index in [9.17, 15) is 4.79 Å². The highest BCUT2D eigenvalue weighted by atomic mass is 16.5. The van der Waals surface area contributed by atoms with Gasteiger partial charge in [-0.2, -0.15) is 0 Å². The molecule has 174 valence electrons. The number of aryl methyl sites for hydroxylation is 3. The third kappa shape index (κ3) is 5.93. The Labute approximate surface area is 195 Å². The zero-order valence-electron chi connectivity index (χ0n) is 19.6. The number of piperazine rings is 1. The summed E-state index contributed by atoms with van der Waals surface area (Å²) in [6.07, 6.45) is 0. The van der Waals surface area contributed by atoms with Gasteiger partial charge in [0.15, 0.2) is 0 Å². The molecule has 1 amide bonds. The van der Waals surface area contributed by atoms with E-state index in [1.807, 2.05) is 26.0 Å². The summed E-state index contributed by atoms with van der Waals surface area (Å²) in [5, 5.41) is 6.96. The Morgan fingerprint density at radius 1 is 1.06 bits per heavy atom. The molecule has 0 spiro atoms. The van der Waals surface area contributed by atoms with Crippen LogP contribution in [-0.4, -0.2) is 55.2 Å². The van der Waals surface area contributed by atoms with Gasteiger partial charge in [-0.15, -0.1) is 0 Å². The second kappa shape index (κ2) is 10.5. The zero-order chi connectivity index (χ0) is 23.2. The molecule has 0 aliphatic carbocycles. The molecule has 0 bridgehead atoms. The van der Waals surface area contributed by atoms with Crippen molar-refractivity contribution in [2.24, 2.45) is 0 Å². The van der Waals surface area contributed by atoms with Crippen LogP contribution in [0.1, 0.15) is 32.9 Å². The Bertz CT molecular complexity index is 1050. The molecular weight excluding hydrogens is 416 g/mol. The van der Waals surface area contributed by atoms with E-state index in [0.717, 1.165) is 49.7 Å². The van der Waals surface area contributed by atoms with Crippen LogP contribution in [0.3, 0.4) is 0 Å². The molecule has 1 fully saturated rings. The first kappa shape index (κ1) is 22.9. The van der Waals surface area contributed by atoms with E-state index in [1.54, 1.807) is 12.1 Å². The van der Waals surface area contributed by atoms with Gasteiger partial charge < -0.3 is 19.5 Å². The number of hydrogen-bond donors (Lipinski definition) is 1. The fourth-order valence-corrected chi connectivity index (χ4v) is 4.05. The number of ether oxygens (including phenoxy) is 1. The van der Waals surface area contributed by atoms with Crippen molar-refractivity contribution < 1.29 is 14.1 Å². The molecule has 2 aromatic carbocycles. The van der Waals surface area contributed by atoms with Gasteiger partial charge in [0.25, 0.3) is 5.91 Å².